The second-order valence-electron chi connectivity index (χ2n) is 4.58. The highest BCUT2D eigenvalue weighted by Gasteiger charge is 2.12. The molecule has 0 aliphatic carbocycles. The van der Waals surface area contributed by atoms with Crippen LogP contribution in [-0.4, -0.2) is 14.9 Å². The molecule has 20 heavy (non-hydrogen) atoms. The summed E-state index contributed by atoms with van der Waals surface area (Å²) in [7, 11) is 0. The van der Waals surface area contributed by atoms with Gasteiger partial charge in [0, 0.05) is 23.4 Å². The highest BCUT2D eigenvalue weighted by molar-refractivity contribution is 9.10. The van der Waals surface area contributed by atoms with Crippen molar-refractivity contribution in [3.05, 3.63) is 49.2 Å². The number of halogens is 1. The summed E-state index contributed by atoms with van der Waals surface area (Å²) in [6.45, 7) is 4.09. The van der Waals surface area contributed by atoms with Gasteiger partial charge in [0.1, 0.15) is 10.5 Å². The average molecular weight is 354 g/mol. The molecule has 1 N–H and O–H groups in total. The molecule has 0 radical (unpaired) electrons. The first-order valence-corrected chi connectivity index (χ1v) is 7.15. The summed E-state index contributed by atoms with van der Waals surface area (Å²) in [5, 5.41) is 10.7. The van der Waals surface area contributed by atoms with E-state index in [9.17, 15) is 10.1 Å². The van der Waals surface area contributed by atoms with E-state index in [1.165, 1.54) is 12.1 Å². The van der Waals surface area contributed by atoms with Gasteiger partial charge in [-0.3, -0.25) is 10.1 Å². The maximum absolute atomic E-state index is 10.7. The van der Waals surface area contributed by atoms with Crippen molar-refractivity contribution in [2.45, 2.75) is 19.8 Å². The van der Waals surface area contributed by atoms with Crippen molar-refractivity contribution < 1.29 is 4.92 Å². The van der Waals surface area contributed by atoms with Crippen molar-refractivity contribution in [2.75, 3.05) is 0 Å². The standard InChI is InChI=1S/C13H12BrN3O2S/c1-7(2)11-10(14)13(20)16-12(15-11)8-3-5-9(6-4-8)17(18)19/h3-7H,1-2H3,(H,15,16,20). The van der Waals surface area contributed by atoms with Crippen molar-refractivity contribution in [3.8, 4) is 11.4 Å². The number of hydrogen-bond donors (Lipinski definition) is 1. The van der Waals surface area contributed by atoms with E-state index in [0.29, 0.717) is 10.5 Å². The van der Waals surface area contributed by atoms with Crippen molar-refractivity contribution >= 4 is 33.8 Å². The number of nitrogens with zero attached hydrogens (tertiary/aromatic N) is 2. The fraction of sp³-hybridized carbons (Fsp3) is 0.231. The molecule has 1 aromatic carbocycles. The number of nitro benzene ring substituents is 1. The van der Waals surface area contributed by atoms with Gasteiger partial charge in [0.05, 0.1) is 9.40 Å². The third kappa shape index (κ3) is 2.94. The van der Waals surface area contributed by atoms with Crippen molar-refractivity contribution in [2.24, 2.45) is 0 Å². The molecule has 7 heteroatoms. The third-order valence-corrected chi connectivity index (χ3v) is 4.18. The van der Waals surface area contributed by atoms with Gasteiger partial charge < -0.3 is 4.98 Å². The Morgan fingerprint density at radius 3 is 2.45 bits per heavy atom. The van der Waals surface area contributed by atoms with Crippen LogP contribution in [-0.2, 0) is 0 Å². The van der Waals surface area contributed by atoms with Crippen LogP contribution >= 0.6 is 28.1 Å². The number of hydrogen-bond acceptors (Lipinski definition) is 4. The summed E-state index contributed by atoms with van der Waals surface area (Å²) in [6.07, 6.45) is 0. The highest BCUT2D eigenvalue weighted by atomic mass is 79.9. The van der Waals surface area contributed by atoms with E-state index in [-0.39, 0.29) is 11.6 Å². The number of non-ortho nitro benzene ring substituents is 1. The lowest BCUT2D eigenvalue weighted by molar-refractivity contribution is -0.384. The monoisotopic (exact) mass is 353 g/mol. The Hall–Kier alpha value is -1.60. The molecule has 0 unspecified atom stereocenters. The predicted molar refractivity (Wildman–Crippen MR) is 83.3 cm³/mol. The van der Waals surface area contributed by atoms with Crippen LogP contribution in [0.15, 0.2) is 28.7 Å². The van der Waals surface area contributed by atoms with Gasteiger partial charge in [-0.05, 0) is 34.0 Å². The van der Waals surface area contributed by atoms with E-state index in [2.05, 4.69) is 25.9 Å². The molecular weight excluding hydrogens is 342 g/mol. The Labute approximate surface area is 129 Å². The smallest absolute Gasteiger partial charge is 0.269 e. The summed E-state index contributed by atoms with van der Waals surface area (Å²) < 4.78 is 1.26. The number of benzene rings is 1. The average Bonchev–Trinajstić information content (AvgIpc) is 2.41. The highest BCUT2D eigenvalue weighted by Crippen LogP contribution is 2.27. The van der Waals surface area contributed by atoms with Crippen LogP contribution in [0, 0.1) is 14.8 Å². The lowest BCUT2D eigenvalue weighted by atomic mass is 10.1. The molecule has 0 bridgehead atoms. The number of aromatic nitrogens is 2. The van der Waals surface area contributed by atoms with Gasteiger partial charge in [-0.2, -0.15) is 0 Å². The summed E-state index contributed by atoms with van der Waals surface area (Å²) in [4.78, 5) is 17.7. The number of nitro groups is 1. The lowest BCUT2D eigenvalue weighted by Crippen LogP contribution is -2.00. The molecule has 0 aliphatic heterocycles. The van der Waals surface area contributed by atoms with Crippen LogP contribution in [0.1, 0.15) is 25.5 Å². The fourth-order valence-electron chi connectivity index (χ4n) is 1.75. The fourth-order valence-corrected chi connectivity index (χ4v) is 2.60. The van der Waals surface area contributed by atoms with E-state index in [0.717, 1.165) is 15.7 Å². The van der Waals surface area contributed by atoms with Crippen LogP contribution in [0.2, 0.25) is 0 Å². The molecule has 0 fully saturated rings. The molecule has 0 aliphatic rings. The third-order valence-electron chi connectivity index (χ3n) is 2.82. The van der Waals surface area contributed by atoms with E-state index in [1.807, 2.05) is 13.8 Å². The summed E-state index contributed by atoms with van der Waals surface area (Å²) in [5.41, 5.74) is 1.77. The zero-order valence-corrected chi connectivity index (χ0v) is 13.3. The molecule has 104 valence electrons. The summed E-state index contributed by atoms with van der Waals surface area (Å²) in [6, 6.07) is 6.21. The quantitative estimate of drug-likeness (QED) is 0.497. The Bertz CT molecular complexity index is 711. The second kappa shape index (κ2) is 5.80. The maximum atomic E-state index is 10.7. The minimum atomic E-state index is -0.430. The van der Waals surface area contributed by atoms with Crippen LogP contribution in [0.3, 0.4) is 0 Å². The molecular formula is C13H12BrN3O2S. The number of rotatable bonds is 3. The van der Waals surface area contributed by atoms with Crippen molar-refractivity contribution in [1.82, 2.24) is 9.97 Å². The van der Waals surface area contributed by atoms with Crippen LogP contribution in [0.5, 0.6) is 0 Å². The Morgan fingerprint density at radius 2 is 1.95 bits per heavy atom. The van der Waals surface area contributed by atoms with Gasteiger partial charge >= 0.3 is 0 Å². The molecule has 1 aromatic heterocycles. The minimum Gasteiger partial charge on any atom is -0.342 e. The minimum absolute atomic E-state index is 0.0496. The molecule has 0 atom stereocenters. The normalized spacial score (nSPS) is 10.8. The first kappa shape index (κ1) is 14.8. The summed E-state index contributed by atoms with van der Waals surface area (Å²) in [5.74, 6) is 0.864. The van der Waals surface area contributed by atoms with Gasteiger partial charge in [0.2, 0.25) is 0 Å². The molecule has 2 rings (SSSR count). The number of nitrogens with one attached hydrogen (secondary N) is 1. The lowest BCUT2D eigenvalue weighted by Gasteiger charge is -2.11. The number of H-pyrrole nitrogens is 1. The van der Waals surface area contributed by atoms with Crippen molar-refractivity contribution in [3.63, 3.8) is 0 Å². The molecule has 2 aromatic rings. The van der Waals surface area contributed by atoms with Crippen LogP contribution < -0.4 is 0 Å². The first-order valence-electron chi connectivity index (χ1n) is 5.94. The SMILES string of the molecule is CC(C)c1[nH]c(-c2ccc([N+](=O)[O-])cc2)nc(=S)c1Br. The summed E-state index contributed by atoms with van der Waals surface area (Å²) >= 11 is 8.66. The largest absolute Gasteiger partial charge is 0.342 e. The molecule has 0 saturated heterocycles. The van der Waals surface area contributed by atoms with Crippen LogP contribution in [0.25, 0.3) is 11.4 Å². The van der Waals surface area contributed by atoms with E-state index in [1.54, 1.807) is 12.1 Å². The van der Waals surface area contributed by atoms with Gasteiger partial charge in [0.25, 0.3) is 5.69 Å². The molecule has 0 saturated carbocycles. The second-order valence-corrected chi connectivity index (χ2v) is 5.76. The zero-order chi connectivity index (χ0) is 14.9. The topological polar surface area (TPSA) is 71.8 Å². The Morgan fingerprint density at radius 1 is 1.35 bits per heavy atom. The van der Waals surface area contributed by atoms with Gasteiger partial charge in [-0.1, -0.05) is 26.1 Å². The first-order chi connectivity index (χ1) is 9.40. The van der Waals surface area contributed by atoms with Gasteiger partial charge in [0.15, 0.2) is 0 Å². The van der Waals surface area contributed by atoms with Gasteiger partial charge in [-0.25, -0.2) is 4.98 Å². The van der Waals surface area contributed by atoms with E-state index in [4.69, 9.17) is 12.2 Å². The molecule has 5 nitrogen and oxygen atoms in total. The maximum Gasteiger partial charge on any atom is 0.269 e. The zero-order valence-electron chi connectivity index (χ0n) is 10.9. The van der Waals surface area contributed by atoms with Crippen LogP contribution in [0.4, 0.5) is 5.69 Å². The predicted octanol–water partition coefficient (Wildman–Crippen LogP) is 4.60. The van der Waals surface area contributed by atoms with Gasteiger partial charge in [-0.15, -0.1) is 0 Å². The van der Waals surface area contributed by atoms with Crippen molar-refractivity contribution in [1.29, 1.82) is 0 Å². The number of aromatic amines is 1. The van der Waals surface area contributed by atoms with E-state index >= 15 is 0 Å². The molecule has 1 heterocycles. The Balaban J connectivity index is 2.53. The Kier molecular flexibility index (Phi) is 4.29. The van der Waals surface area contributed by atoms with E-state index < -0.39 is 4.92 Å². The molecule has 0 spiro atoms. The molecule has 0 amide bonds.